The highest BCUT2D eigenvalue weighted by molar-refractivity contribution is 7.92. The van der Waals surface area contributed by atoms with Gasteiger partial charge in [0.1, 0.15) is 5.25 Å². The van der Waals surface area contributed by atoms with E-state index in [1.807, 2.05) is 5.32 Å². The molecule has 0 heterocycles. The summed E-state index contributed by atoms with van der Waals surface area (Å²) in [5.74, 6) is -1.00. The Kier molecular flexibility index (Phi) is 4.24. The molecule has 1 N–H and O–H groups in total. The molecule has 19 heavy (non-hydrogen) atoms. The minimum absolute atomic E-state index is 0.462. The van der Waals surface area contributed by atoms with E-state index >= 15 is 0 Å². The van der Waals surface area contributed by atoms with Gasteiger partial charge in [-0.2, -0.15) is 13.2 Å². The van der Waals surface area contributed by atoms with Crippen LogP contribution in [-0.2, 0) is 20.8 Å². The highest BCUT2D eigenvalue weighted by atomic mass is 32.2. The van der Waals surface area contributed by atoms with Gasteiger partial charge >= 0.3 is 6.18 Å². The maximum Gasteiger partial charge on any atom is 0.418 e. The third-order valence-electron chi connectivity index (χ3n) is 2.50. The number of nitrogens with one attached hydrogen (secondary N) is 1. The molecule has 4 nitrogen and oxygen atoms in total. The second kappa shape index (κ2) is 5.20. The number of hydrogen-bond acceptors (Lipinski definition) is 3. The Labute approximate surface area is 108 Å². The molecule has 1 aromatic rings. The van der Waals surface area contributed by atoms with Gasteiger partial charge in [0.2, 0.25) is 5.91 Å². The molecule has 106 valence electrons. The molecule has 1 atom stereocenters. The first-order valence-electron chi connectivity index (χ1n) is 5.19. The second-order valence-electron chi connectivity index (χ2n) is 4.00. The van der Waals surface area contributed by atoms with Gasteiger partial charge in [-0.1, -0.05) is 12.1 Å². The van der Waals surface area contributed by atoms with Crippen molar-refractivity contribution in [2.75, 3.05) is 11.6 Å². The number of rotatable bonds is 3. The van der Waals surface area contributed by atoms with E-state index in [1.54, 1.807) is 0 Å². The summed E-state index contributed by atoms with van der Waals surface area (Å²) in [6.07, 6.45) is -3.79. The van der Waals surface area contributed by atoms with Crippen LogP contribution in [0.4, 0.5) is 18.9 Å². The molecule has 0 bridgehead atoms. The van der Waals surface area contributed by atoms with Gasteiger partial charge in [0.05, 0.1) is 11.3 Å². The number of sulfone groups is 1. The molecule has 0 aliphatic heterocycles. The van der Waals surface area contributed by atoms with Crippen molar-refractivity contribution in [3.63, 3.8) is 0 Å². The molecular weight excluding hydrogens is 283 g/mol. The average molecular weight is 295 g/mol. The Hall–Kier alpha value is -1.57. The van der Waals surface area contributed by atoms with E-state index in [0.29, 0.717) is 0 Å². The smallest absolute Gasteiger partial charge is 0.324 e. The highest BCUT2D eigenvalue weighted by Crippen LogP contribution is 2.34. The van der Waals surface area contributed by atoms with Gasteiger partial charge < -0.3 is 5.32 Å². The van der Waals surface area contributed by atoms with Crippen LogP contribution >= 0.6 is 0 Å². The molecule has 0 unspecified atom stereocenters. The molecule has 0 saturated carbocycles. The number of hydrogen-bond donors (Lipinski definition) is 1. The van der Waals surface area contributed by atoms with Gasteiger partial charge in [-0.25, -0.2) is 8.42 Å². The fourth-order valence-corrected chi connectivity index (χ4v) is 1.72. The van der Waals surface area contributed by atoms with Crippen LogP contribution in [0.2, 0.25) is 0 Å². The molecule has 0 radical (unpaired) electrons. The summed E-state index contributed by atoms with van der Waals surface area (Å²) < 4.78 is 60.3. The lowest BCUT2D eigenvalue weighted by atomic mass is 10.1. The molecular formula is C11H12F3NO3S. The summed E-state index contributed by atoms with van der Waals surface area (Å²) in [6.45, 7) is 1.11. The summed E-state index contributed by atoms with van der Waals surface area (Å²) in [5.41, 5.74) is -1.49. The van der Waals surface area contributed by atoms with Crippen molar-refractivity contribution in [3.05, 3.63) is 29.8 Å². The molecule has 0 aliphatic rings. The molecule has 0 aliphatic carbocycles. The van der Waals surface area contributed by atoms with Crippen molar-refractivity contribution in [3.8, 4) is 0 Å². The van der Waals surface area contributed by atoms with Crippen molar-refractivity contribution in [2.45, 2.75) is 18.3 Å². The normalized spacial score (nSPS) is 13.9. The SMILES string of the molecule is C[C@H](C(=O)Nc1ccccc1C(F)(F)F)S(C)(=O)=O. The lowest BCUT2D eigenvalue weighted by molar-refractivity contribution is -0.137. The number of para-hydroxylation sites is 1. The van der Waals surface area contributed by atoms with E-state index in [1.165, 1.54) is 12.1 Å². The standard InChI is InChI=1S/C11H12F3NO3S/c1-7(19(2,17)18)10(16)15-9-6-4-3-5-8(9)11(12,13)14/h3-7H,1-2H3,(H,15,16)/t7-/m1/s1. The third-order valence-corrected chi connectivity index (χ3v) is 4.00. The van der Waals surface area contributed by atoms with Crippen LogP contribution in [0.25, 0.3) is 0 Å². The molecule has 8 heteroatoms. The van der Waals surface area contributed by atoms with Crippen LogP contribution in [0.3, 0.4) is 0 Å². The Balaban J connectivity index is 3.05. The zero-order valence-electron chi connectivity index (χ0n) is 10.2. The topological polar surface area (TPSA) is 63.2 Å². The van der Waals surface area contributed by atoms with Crippen LogP contribution in [0.1, 0.15) is 12.5 Å². The number of halogens is 3. The minimum atomic E-state index is -4.63. The van der Waals surface area contributed by atoms with E-state index in [-0.39, 0.29) is 0 Å². The lowest BCUT2D eigenvalue weighted by Gasteiger charge is -2.15. The average Bonchev–Trinajstić information content (AvgIpc) is 2.26. The fourth-order valence-electron chi connectivity index (χ4n) is 1.27. The van der Waals surface area contributed by atoms with Gasteiger partial charge in [0.15, 0.2) is 9.84 Å². The van der Waals surface area contributed by atoms with Gasteiger partial charge in [0.25, 0.3) is 0 Å². The van der Waals surface area contributed by atoms with E-state index in [2.05, 4.69) is 0 Å². The Bertz CT molecular complexity index is 581. The summed E-state index contributed by atoms with van der Waals surface area (Å²) in [6, 6.07) is 4.37. The van der Waals surface area contributed by atoms with E-state index in [9.17, 15) is 26.4 Å². The lowest BCUT2D eigenvalue weighted by Crippen LogP contribution is -2.32. The van der Waals surface area contributed by atoms with Crippen molar-refractivity contribution in [1.82, 2.24) is 0 Å². The summed E-state index contributed by atoms with van der Waals surface area (Å²) in [4.78, 5) is 11.6. The molecule has 0 fully saturated rings. The zero-order valence-corrected chi connectivity index (χ0v) is 11.0. The summed E-state index contributed by atoms with van der Waals surface area (Å²) in [5, 5.41) is 0.563. The fraction of sp³-hybridized carbons (Fsp3) is 0.364. The highest BCUT2D eigenvalue weighted by Gasteiger charge is 2.34. The van der Waals surface area contributed by atoms with E-state index in [0.717, 1.165) is 25.3 Å². The Morgan fingerprint density at radius 3 is 2.26 bits per heavy atom. The summed E-state index contributed by atoms with van der Waals surface area (Å²) in [7, 11) is -3.66. The number of carbonyl (C=O) groups excluding carboxylic acids is 1. The van der Waals surface area contributed by atoms with Gasteiger partial charge in [-0.3, -0.25) is 4.79 Å². The van der Waals surface area contributed by atoms with Crippen LogP contribution < -0.4 is 5.32 Å². The first-order chi connectivity index (χ1) is 8.53. The third kappa shape index (κ3) is 3.95. The van der Waals surface area contributed by atoms with Crippen molar-refractivity contribution in [2.24, 2.45) is 0 Å². The van der Waals surface area contributed by atoms with E-state index in [4.69, 9.17) is 0 Å². The quantitative estimate of drug-likeness (QED) is 0.928. The number of alkyl halides is 3. The molecule has 1 rings (SSSR count). The first-order valence-corrected chi connectivity index (χ1v) is 7.15. The first kappa shape index (κ1) is 15.5. The van der Waals surface area contributed by atoms with Crippen molar-refractivity contribution >= 4 is 21.4 Å². The zero-order chi connectivity index (χ0) is 14.8. The second-order valence-corrected chi connectivity index (χ2v) is 6.37. The minimum Gasteiger partial charge on any atom is -0.324 e. The predicted octanol–water partition coefficient (Wildman–Crippen LogP) is 2.08. The molecule has 1 amide bonds. The molecule has 1 aromatic carbocycles. The molecule has 0 spiro atoms. The maximum atomic E-state index is 12.7. The van der Waals surface area contributed by atoms with Crippen molar-refractivity contribution in [1.29, 1.82) is 0 Å². The largest absolute Gasteiger partial charge is 0.418 e. The van der Waals surface area contributed by atoms with Crippen molar-refractivity contribution < 1.29 is 26.4 Å². The number of carbonyl (C=O) groups is 1. The predicted molar refractivity (Wildman–Crippen MR) is 64.4 cm³/mol. The van der Waals surface area contributed by atoms with Crippen LogP contribution in [0, 0.1) is 0 Å². The monoisotopic (exact) mass is 295 g/mol. The number of benzene rings is 1. The maximum absolute atomic E-state index is 12.7. The van der Waals surface area contributed by atoms with Gasteiger partial charge in [-0.05, 0) is 19.1 Å². The Morgan fingerprint density at radius 1 is 1.26 bits per heavy atom. The number of anilines is 1. The van der Waals surface area contributed by atoms with Crippen LogP contribution in [-0.4, -0.2) is 25.8 Å². The molecule has 0 saturated heterocycles. The van der Waals surface area contributed by atoms with Gasteiger partial charge in [-0.15, -0.1) is 0 Å². The van der Waals surface area contributed by atoms with Crippen LogP contribution in [0.15, 0.2) is 24.3 Å². The number of amides is 1. The Morgan fingerprint density at radius 2 is 1.79 bits per heavy atom. The van der Waals surface area contributed by atoms with Gasteiger partial charge in [0, 0.05) is 6.26 Å². The summed E-state index contributed by atoms with van der Waals surface area (Å²) >= 11 is 0. The molecule has 0 aromatic heterocycles. The van der Waals surface area contributed by atoms with Crippen LogP contribution in [0.5, 0.6) is 0 Å². The van der Waals surface area contributed by atoms with E-state index < -0.39 is 38.4 Å².